The molecule has 1 aliphatic rings. The van der Waals surface area contributed by atoms with Crippen molar-refractivity contribution in [2.45, 2.75) is 72.3 Å². The topological polar surface area (TPSA) is 174 Å². The number of β-amino-alcohol motifs (C(OH)–C–C–N with tert-alkyl or cyclic N) is 1. The van der Waals surface area contributed by atoms with Crippen LogP contribution >= 0.6 is 11.3 Å². The Morgan fingerprint density at radius 1 is 0.836 bits per heavy atom. The van der Waals surface area contributed by atoms with Crippen LogP contribution in [0.15, 0.2) is 103 Å². The molecule has 14 nitrogen and oxygen atoms in total. The molecule has 4 aromatic carbocycles. The van der Waals surface area contributed by atoms with Crippen LogP contribution < -0.4 is 15.4 Å². The number of carbonyl (C=O) groups is 3. The molecule has 3 atom stereocenters. The maximum Gasteiger partial charge on any atom is 0.246 e. The predicted octanol–water partition coefficient (Wildman–Crippen LogP) is 7.04. The van der Waals surface area contributed by atoms with E-state index in [9.17, 15) is 24.6 Å². The normalized spacial score (nSPS) is 15.5. The number of aliphatic hydroxyl groups excluding tert-OH is 1. The standard InChI is InChI=1S/C52H61N5O9S/c1-34-43-27-40(58)17-20-44(43)56(47(34)38-9-7-6-8-10-38)30-37-13-18-42(19-14-37)66-26-25-64-22-21-63-23-24-65-32-46(60)55-49(52(3,4)5)51(62)57-31-41(59)28-45(57)50(61)53-29-36-11-15-39(16-12-36)48-35(2)54-33-67-48/h6-20,27,33,41,45,49,58-59H,21-26,28-32H2,1-5H3,(H,53,61)(H,55,60)/t41-,45+,49?/m1/s1. The fourth-order valence-corrected chi connectivity index (χ4v) is 9.13. The zero-order valence-corrected chi connectivity index (χ0v) is 39.6. The van der Waals surface area contributed by atoms with E-state index < -0.39 is 35.4 Å². The van der Waals surface area contributed by atoms with Gasteiger partial charge in [0.2, 0.25) is 17.7 Å². The van der Waals surface area contributed by atoms with Crippen molar-refractivity contribution in [1.29, 1.82) is 0 Å². The number of aromatic nitrogens is 2. The Hall–Kier alpha value is -6.10. The summed E-state index contributed by atoms with van der Waals surface area (Å²) in [5.41, 5.74) is 9.56. The summed E-state index contributed by atoms with van der Waals surface area (Å²) in [6, 6.07) is 29.9. The van der Waals surface area contributed by atoms with E-state index in [2.05, 4.69) is 51.4 Å². The number of ether oxygens (including phenoxy) is 4. The predicted molar refractivity (Wildman–Crippen MR) is 259 cm³/mol. The van der Waals surface area contributed by atoms with Gasteiger partial charge < -0.3 is 49.3 Å². The van der Waals surface area contributed by atoms with E-state index in [0.29, 0.717) is 33.0 Å². The molecule has 1 aliphatic heterocycles. The number of aromatic hydroxyl groups is 1. The van der Waals surface area contributed by atoms with Crippen LogP contribution in [0, 0.1) is 19.3 Å². The van der Waals surface area contributed by atoms with Crippen molar-refractivity contribution in [2.75, 3.05) is 52.8 Å². The molecule has 4 N–H and O–H groups in total. The number of aryl methyl sites for hydroxylation is 2. The number of aliphatic hydroxyl groups is 1. The highest BCUT2D eigenvalue weighted by Gasteiger charge is 2.44. The number of likely N-dealkylation sites (tertiary alicyclic amines) is 1. The average molecular weight is 932 g/mol. The van der Waals surface area contributed by atoms with Gasteiger partial charge in [-0.15, -0.1) is 11.3 Å². The number of benzene rings is 4. The van der Waals surface area contributed by atoms with E-state index in [-0.39, 0.29) is 51.0 Å². The van der Waals surface area contributed by atoms with E-state index in [4.69, 9.17) is 18.9 Å². The lowest BCUT2D eigenvalue weighted by atomic mass is 9.85. The molecule has 3 amide bonds. The Balaban J connectivity index is 0.775. The molecule has 15 heteroatoms. The van der Waals surface area contributed by atoms with Crippen molar-refractivity contribution in [2.24, 2.45) is 5.41 Å². The Kier molecular flexibility index (Phi) is 16.5. The van der Waals surface area contributed by atoms with Gasteiger partial charge in [0.25, 0.3) is 0 Å². The van der Waals surface area contributed by atoms with E-state index in [1.807, 2.05) is 99.9 Å². The number of nitrogens with zero attached hydrogens (tertiary/aromatic N) is 3. The quantitative estimate of drug-likeness (QED) is 0.0549. The molecule has 1 fully saturated rings. The molecule has 0 bridgehead atoms. The van der Waals surface area contributed by atoms with Crippen LogP contribution in [0.4, 0.5) is 0 Å². The molecule has 0 spiro atoms. The van der Waals surface area contributed by atoms with Crippen molar-refractivity contribution in [3.05, 3.63) is 125 Å². The fraction of sp³-hybridized carbons (Fsp3) is 0.385. The second-order valence-corrected chi connectivity index (χ2v) is 18.7. The van der Waals surface area contributed by atoms with E-state index in [1.165, 1.54) is 4.90 Å². The highest BCUT2D eigenvalue weighted by molar-refractivity contribution is 7.13. The van der Waals surface area contributed by atoms with E-state index in [1.54, 1.807) is 17.4 Å². The third-order valence-corrected chi connectivity index (χ3v) is 12.8. The van der Waals surface area contributed by atoms with Gasteiger partial charge in [-0.2, -0.15) is 0 Å². The van der Waals surface area contributed by atoms with Gasteiger partial charge in [0.05, 0.1) is 60.9 Å². The lowest BCUT2D eigenvalue weighted by molar-refractivity contribution is -0.144. The molecule has 1 saturated heterocycles. The molecular weight excluding hydrogens is 871 g/mol. The van der Waals surface area contributed by atoms with Crippen LogP contribution in [0.2, 0.25) is 0 Å². The zero-order valence-electron chi connectivity index (χ0n) is 38.8. The molecule has 2 aromatic heterocycles. The smallest absolute Gasteiger partial charge is 0.246 e. The first kappa shape index (κ1) is 48.8. The van der Waals surface area contributed by atoms with Crippen LogP contribution in [0.5, 0.6) is 11.5 Å². The van der Waals surface area contributed by atoms with Crippen LogP contribution in [0.1, 0.15) is 49.6 Å². The van der Waals surface area contributed by atoms with Gasteiger partial charge in [0.1, 0.15) is 36.8 Å². The minimum absolute atomic E-state index is 0.0142. The summed E-state index contributed by atoms with van der Waals surface area (Å²) in [5.74, 6) is -0.305. The number of carbonyl (C=O) groups excluding carboxylic acids is 3. The number of hydrogen-bond acceptors (Lipinski definition) is 11. The molecule has 7 rings (SSSR count). The maximum absolute atomic E-state index is 13.9. The number of fused-ring (bicyclic) bond motifs is 1. The van der Waals surface area contributed by atoms with Crippen LogP contribution in [-0.4, -0.2) is 113 Å². The highest BCUT2D eigenvalue weighted by atomic mass is 32.1. The second-order valence-electron chi connectivity index (χ2n) is 17.8. The number of rotatable bonds is 21. The average Bonchev–Trinajstić information content (AvgIpc) is 4.01. The van der Waals surface area contributed by atoms with E-state index >= 15 is 0 Å². The molecule has 0 radical (unpaired) electrons. The summed E-state index contributed by atoms with van der Waals surface area (Å²) in [4.78, 5) is 47.1. The lowest BCUT2D eigenvalue weighted by Crippen LogP contribution is -2.58. The lowest BCUT2D eigenvalue weighted by Gasteiger charge is -2.35. The van der Waals surface area contributed by atoms with Crippen molar-refractivity contribution < 1.29 is 43.5 Å². The van der Waals surface area contributed by atoms with Gasteiger partial charge >= 0.3 is 0 Å². The first-order valence-corrected chi connectivity index (χ1v) is 23.5. The monoisotopic (exact) mass is 931 g/mol. The summed E-state index contributed by atoms with van der Waals surface area (Å²) >= 11 is 1.57. The van der Waals surface area contributed by atoms with Gasteiger partial charge in [-0.05, 0) is 77.4 Å². The summed E-state index contributed by atoms with van der Waals surface area (Å²) in [6.07, 6.45) is -0.770. The van der Waals surface area contributed by atoms with Crippen LogP contribution in [0.25, 0.3) is 32.6 Å². The van der Waals surface area contributed by atoms with Gasteiger partial charge in [-0.3, -0.25) is 14.4 Å². The van der Waals surface area contributed by atoms with Crippen molar-refractivity contribution >= 4 is 40.0 Å². The third-order valence-electron chi connectivity index (χ3n) is 11.8. The Morgan fingerprint density at radius 2 is 1.51 bits per heavy atom. The summed E-state index contributed by atoms with van der Waals surface area (Å²) in [7, 11) is 0. The minimum atomic E-state index is -0.962. The van der Waals surface area contributed by atoms with Gasteiger partial charge in [-0.1, -0.05) is 87.5 Å². The summed E-state index contributed by atoms with van der Waals surface area (Å²) in [6.45, 7) is 12.0. The molecule has 0 saturated carbocycles. The minimum Gasteiger partial charge on any atom is -0.508 e. The van der Waals surface area contributed by atoms with Crippen LogP contribution in [0.3, 0.4) is 0 Å². The first-order valence-electron chi connectivity index (χ1n) is 22.6. The van der Waals surface area contributed by atoms with Crippen molar-refractivity contribution in [1.82, 2.24) is 25.1 Å². The number of phenols is 1. The summed E-state index contributed by atoms with van der Waals surface area (Å²) in [5, 5.41) is 27.5. The number of nitrogens with one attached hydrogen (secondary N) is 2. The zero-order chi connectivity index (χ0) is 47.5. The number of thiazole rings is 1. The van der Waals surface area contributed by atoms with Crippen molar-refractivity contribution in [3.8, 4) is 33.2 Å². The Bertz CT molecular complexity index is 2590. The second kappa shape index (κ2) is 22.6. The maximum atomic E-state index is 13.9. The molecule has 1 unspecified atom stereocenters. The Morgan fingerprint density at radius 3 is 2.18 bits per heavy atom. The molecule has 6 aromatic rings. The van der Waals surface area contributed by atoms with Gasteiger partial charge in [0.15, 0.2) is 0 Å². The highest BCUT2D eigenvalue weighted by Crippen LogP contribution is 2.36. The Labute approximate surface area is 395 Å². The van der Waals surface area contributed by atoms with Crippen LogP contribution in [-0.2, 0) is 41.7 Å². The first-order chi connectivity index (χ1) is 32.3. The molecule has 354 valence electrons. The fourth-order valence-electron chi connectivity index (χ4n) is 8.32. The number of hydrogen-bond donors (Lipinski definition) is 4. The van der Waals surface area contributed by atoms with E-state index in [0.717, 1.165) is 60.7 Å². The largest absolute Gasteiger partial charge is 0.508 e. The number of amides is 3. The van der Waals surface area contributed by atoms with Gasteiger partial charge in [-0.25, -0.2) is 4.98 Å². The molecule has 67 heavy (non-hydrogen) atoms. The van der Waals surface area contributed by atoms with Gasteiger partial charge in [0, 0.05) is 37.0 Å². The summed E-state index contributed by atoms with van der Waals surface area (Å²) < 4.78 is 25.0. The SMILES string of the molecule is Cc1ncsc1-c1ccc(CNC(=O)[C@@H]2C[C@@H](O)CN2C(=O)C(NC(=O)COCCOCCOCCOc2ccc(Cn3c(-c4ccccc4)c(C)c4cc(O)ccc43)cc2)C(C)(C)C)cc1. The molecule has 0 aliphatic carbocycles. The third kappa shape index (κ3) is 12.7. The van der Waals surface area contributed by atoms with Crippen molar-refractivity contribution in [3.63, 3.8) is 0 Å². The molecular formula is C52H61N5O9S. The number of phenolic OH excluding ortho intramolecular Hbond substituents is 1. The molecule has 3 heterocycles.